The molecular weight excluding hydrogens is 1490 g/mol. The monoisotopic (exact) mass is 1510 g/mol. The van der Waals surface area contributed by atoms with Crippen molar-refractivity contribution < 1.29 is 39.1 Å². The van der Waals surface area contributed by atoms with E-state index in [1.807, 2.05) is 24.3 Å². The number of carboxylic acid groups (broad SMARTS) is 1. The minimum absolute atomic E-state index is 0.0126. The van der Waals surface area contributed by atoms with Crippen LogP contribution in [0.25, 0.3) is 0 Å². The van der Waals surface area contributed by atoms with Crippen molar-refractivity contribution >= 4 is 193 Å². The van der Waals surface area contributed by atoms with Gasteiger partial charge in [0.1, 0.15) is 23.0 Å². The Labute approximate surface area is 368 Å². The second kappa shape index (κ2) is 18.7. The molecule has 0 spiro atoms. The number of benzene rings is 4. The summed E-state index contributed by atoms with van der Waals surface area (Å²) in [6.45, 7) is 0. The van der Waals surface area contributed by atoms with Gasteiger partial charge in [0.25, 0.3) is 0 Å². The van der Waals surface area contributed by atoms with Crippen molar-refractivity contribution in [2.24, 2.45) is 0 Å². The molecule has 3 N–H and O–H groups in total. The SMILES string of the molecule is COC(=O)Cc1cc(I)c(Oc2cc(I)c(O)c(I)c2)c(I)c1.O=C(O)Cc1cc(I)c(Oc2cc(I)c(O)c(I)c2)c(I)c1. The van der Waals surface area contributed by atoms with Crippen LogP contribution >= 0.6 is 181 Å². The number of rotatable bonds is 8. The molecule has 238 valence electrons. The Morgan fingerprint density at radius 1 is 0.556 bits per heavy atom. The summed E-state index contributed by atoms with van der Waals surface area (Å²) in [4.78, 5) is 22.2. The van der Waals surface area contributed by atoms with Crippen molar-refractivity contribution in [1.29, 1.82) is 0 Å². The van der Waals surface area contributed by atoms with Crippen molar-refractivity contribution in [3.05, 3.63) is 88.2 Å². The fourth-order valence-electron chi connectivity index (χ4n) is 3.48. The van der Waals surface area contributed by atoms with Crippen LogP contribution in [0.3, 0.4) is 0 Å². The molecule has 0 bridgehead atoms. The number of carbonyl (C=O) groups is 2. The van der Waals surface area contributed by atoms with Crippen molar-refractivity contribution in [3.63, 3.8) is 0 Å². The van der Waals surface area contributed by atoms with Gasteiger partial charge in [-0.3, -0.25) is 9.59 Å². The molecule has 0 heterocycles. The van der Waals surface area contributed by atoms with Gasteiger partial charge in [-0.15, -0.1) is 0 Å². The molecule has 16 heteroatoms. The zero-order valence-corrected chi connectivity index (χ0v) is 39.7. The zero-order chi connectivity index (χ0) is 33.6. The molecule has 0 atom stereocenters. The average Bonchev–Trinajstić information content (AvgIpc) is 2.94. The molecule has 0 radical (unpaired) electrons. The number of halogens is 8. The predicted octanol–water partition coefficient (Wildman–Crippen LogP) is 10.5. The van der Waals surface area contributed by atoms with E-state index >= 15 is 0 Å². The van der Waals surface area contributed by atoms with Gasteiger partial charge in [0.2, 0.25) is 0 Å². The average molecular weight is 1510 g/mol. The summed E-state index contributed by atoms with van der Waals surface area (Å²) >= 11 is 16.9. The third-order valence-electron chi connectivity index (χ3n) is 5.47. The molecule has 0 unspecified atom stereocenters. The molecule has 4 aromatic rings. The first kappa shape index (κ1) is 40.3. The molecule has 0 aliphatic rings. The number of methoxy groups -OCH3 is 1. The molecule has 8 nitrogen and oxygen atoms in total. The minimum Gasteiger partial charge on any atom is -0.506 e. The lowest BCUT2D eigenvalue weighted by atomic mass is 10.1. The number of esters is 1. The lowest BCUT2D eigenvalue weighted by Gasteiger charge is -2.13. The van der Waals surface area contributed by atoms with Crippen LogP contribution in [0.15, 0.2) is 48.5 Å². The molecule has 0 aliphatic carbocycles. The van der Waals surface area contributed by atoms with Crippen molar-refractivity contribution in [2.45, 2.75) is 12.8 Å². The van der Waals surface area contributed by atoms with E-state index in [0.29, 0.717) is 24.4 Å². The van der Waals surface area contributed by atoms with E-state index < -0.39 is 5.97 Å². The van der Waals surface area contributed by atoms with Crippen LogP contribution in [0, 0.1) is 28.6 Å². The molecule has 4 rings (SSSR count). The Bertz CT molecular complexity index is 1670. The first-order valence-corrected chi connectivity index (χ1v) is 20.7. The first-order chi connectivity index (χ1) is 21.1. The molecule has 0 amide bonds. The summed E-state index contributed by atoms with van der Waals surface area (Å²) in [6, 6.07) is 14.5. The van der Waals surface area contributed by atoms with E-state index in [1.54, 1.807) is 24.3 Å². The number of phenols is 2. The van der Waals surface area contributed by atoms with Gasteiger partial charge in [-0.05, 0) is 240 Å². The molecule has 4 aromatic carbocycles. The maximum atomic E-state index is 11.4. The topological polar surface area (TPSA) is 123 Å². The Hall–Kier alpha value is 0.860. The number of aliphatic carboxylic acids is 1. The molecule has 45 heavy (non-hydrogen) atoms. The van der Waals surface area contributed by atoms with E-state index in [2.05, 4.69) is 181 Å². The summed E-state index contributed by atoms with van der Waals surface area (Å²) in [6.07, 6.45) is 0.221. The van der Waals surface area contributed by atoms with Gasteiger partial charge in [0.05, 0.1) is 48.5 Å². The smallest absolute Gasteiger partial charge is 0.309 e. The highest BCUT2D eigenvalue weighted by molar-refractivity contribution is 14.1. The van der Waals surface area contributed by atoms with Gasteiger partial charge in [-0.2, -0.15) is 0 Å². The Kier molecular flexibility index (Phi) is 16.8. The first-order valence-electron chi connectivity index (χ1n) is 12.1. The number of carboxylic acids is 1. The number of aromatic hydroxyl groups is 2. The zero-order valence-electron chi connectivity index (χ0n) is 22.4. The second-order valence-electron chi connectivity index (χ2n) is 8.78. The minimum atomic E-state index is -0.858. The second-order valence-corrected chi connectivity index (χ2v) is 18.1. The predicted molar refractivity (Wildman–Crippen MR) is 238 cm³/mol. The van der Waals surface area contributed by atoms with Gasteiger partial charge in [-0.1, -0.05) is 0 Å². The molecule has 0 aromatic heterocycles. The van der Waals surface area contributed by atoms with Crippen molar-refractivity contribution in [1.82, 2.24) is 0 Å². The van der Waals surface area contributed by atoms with E-state index in [0.717, 1.165) is 38.3 Å². The normalized spacial score (nSPS) is 10.5. The van der Waals surface area contributed by atoms with Gasteiger partial charge in [0, 0.05) is 0 Å². The Morgan fingerprint density at radius 2 is 0.867 bits per heavy atom. The number of carbonyl (C=O) groups excluding carboxylic acids is 1. The van der Waals surface area contributed by atoms with Crippen LogP contribution < -0.4 is 9.47 Å². The van der Waals surface area contributed by atoms with E-state index in [1.165, 1.54) is 7.11 Å². The summed E-state index contributed by atoms with van der Waals surface area (Å²) in [5.74, 6) is 2.09. The number of hydrogen-bond acceptors (Lipinski definition) is 7. The lowest BCUT2D eigenvalue weighted by molar-refractivity contribution is -0.140. The highest BCUT2D eigenvalue weighted by Gasteiger charge is 2.16. The third-order valence-corrected chi connectivity index (χ3v) is 12.0. The lowest BCUT2D eigenvalue weighted by Crippen LogP contribution is -2.05. The number of phenolic OH excluding ortho intramolecular Hbond substituents is 2. The van der Waals surface area contributed by atoms with Crippen LogP contribution in [0.5, 0.6) is 34.5 Å². The van der Waals surface area contributed by atoms with E-state index in [-0.39, 0.29) is 30.3 Å². The Morgan fingerprint density at radius 3 is 1.16 bits per heavy atom. The summed E-state index contributed by atoms with van der Waals surface area (Å²) in [5.41, 5.74) is 1.62. The number of hydrogen-bond donors (Lipinski definition) is 3. The van der Waals surface area contributed by atoms with Crippen LogP contribution in [-0.2, 0) is 27.2 Å². The van der Waals surface area contributed by atoms with Crippen molar-refractivity contribution in [2.75, 3.05) is 7.11 Å². The van der Waals surface area contributed by atoms with E-state index in [9.17, 15) is 19.8 Å². The molecule has 0 saturated carbocycles. The van der Waals surface area contributed by atoms with Crippen LogP contribution in [0.1, 0.15) is 11.1 Å². The van der Waals surface area contributed by atoms with Crippen LogP contribution in [0.4, 0.5) is 0 Å². The van der Waals surface area contributed by atoms with Crippen LogP contribution in [0.2, 0.25) is 0 Å². The van der Waals surface area contributed by atoms with Gasteiger partial charge in [-0.25, -0.2) is 0 Å². The summed E-state index contributed by atoms with van der Waals surface area (Å²) in [7, 11) is 1.38. The fraction of sp³-hybridized carbons (Fsp3) is 0.103. The van der Waals surface area contributed by atoms with Crippen molar-refractivity contribution in [3.8, 4) is 34.5 Å². The van der Waals surface area contributed by atoms with Gasteiger partial charge >= 0.3 is 11.9 Å². The largest absolute Gasteiger partial charge is 0.506 e. The van der Waals surface area contributed by atoms with Gasteiger partial charge < -0.3 is 29.5 Å². The maximum Gasteiger partial charge on any atom is 0.309 e. The van der Waals surface area contributed by atoms with Crippen LogP contribution in [-0.4, -0.2) is 34.4 Å². The molecule has 0 fully saturated rings. The summed E-state index contributed by atoms with van der Waals surface area (Å²) in [5, 5.41) is 28.5. The Balaban J connectivity index is 0.000000246. The molecule has 0 aliphatic heterocycles. The number of ether oxygens (including phenoxy) is 3. The standard InChI is InChI=1S/C15H10I4O4.C14H8I4O4/c1-22-13(20)4-7-2-11(18)15(12(19)3-7)23-8-5-9(16)14(21)10(17)6-8;15-8-4-7(5-9(16)13(8)21)22-14-10(17)1-6(2-11(14)18)3-12(19)20/h2-3,5-6,21H,4H2,1H3;1-2,4-5,21H,3H2,(H,19,20). The molecular formula is C29H18I8O8. The van der Waals surface area contributed by atoms with Gasteiger partial charge in [0.15, 0.2) is 11.5 Å². The third kappa shape index (κ3) is 12.0. The maximum absolute atomic E-state index is 11.4. The van der Waals surface area contributed by atoms with E-state index in [4.69, 9.17) is 19.3 Å². The highest BCUT2D eigenvalue weighted by Crippen LogP contribution is 2.38. The molecule has 0 saturated heterocycles. The quantitative estimate of drug-likeness (QED) is 0.118. The fourth-order valence-corrected chi connectivity index (χ4v) is 11.1. The highest BCUT2D eigenvalue weighted by atomic mass is 127. The summed E-state index contributed by atoms with van der Waals surface area (Å²) < 4.78 is 23.0.